The molecule has 5 heteroatoms. The van der Waals surface area contributed by atoms with Crippen molar-refractivity contribution in [3.05, 3.63) is 204 Å². The second-order valence-electron chi connectivity index (χ2n) is 23.3. The third kappa shape index (κ3) is 6.39. The molecule has 4 aliphatic rings. The van der Waals surface area contributed by atoms with Crippen LogP contribution in [0.5, 0.6) is 0 Å². The van der Waals surface area contributed by atoms with E-state index in [1.807, 2.05) is 11.3 Å². The number of fused-ring (bicyclic) bond motifs is 11. The maximum Gasteiger partial charge on any atom is 0.264 e. The standard InChI is InChI=1S/C65H60BN3S/c1-62(2,3)42-27-30-46(31-28-42)68-55-40-53-52(63(4,5)33-34-64(53,6)7)39-54(55)66-59-56(68)37-48(67(44-20-12-10-13-21-44)45-22-14-11-15-23-45)38-57(59)69-47-24-18-19-41(35-47)49-25-16-17-26-51(49)65(8,9)43-29-32-58-50(36-43)60(69)61(66)70-58/h10-32,35-40H,33-34H2,1-9H3. The molecule has 8 aromatic carbocycles. The summed E-state index contributed by atoms with van der Waals surface area (Å²) >= 11 is 2.00. The lowest BCUT2D eigenvalue weighted by atomic mass is 9.35. The van der Waals surface area contributed by atoms with E-state index in [9.17, 15) is 0 Å². The Bertz CT molecular complexity index is 3540. The number of hydrogen-bond acceptors (Lipinski definition) is 4. The molecule has 0 atom stereocenters. The molecule has 4 heterocycles. The minimum Gasteiger partial charge on any atom is -0.311 e. The van der Waals surface area contributed by atoms with Gasteiger partial charge in [-0.2, -0.15) is 0 Å². The number of rotatable bonds is 4. The second-order valence-corrected chi connectivity index (χ2v) is 24.4. The van der Waals surface area contributed by atoms with E-state index in [2.05, 4.69) is 253 Å². The van der Waals surface area contributed by atoms with Crippen molar-refractivity contribution in [2.24, 2.45) is 0 Å². The summed E-state index contributed by atoms with van der Waals surface area (Å²) in [6.07, 6.45) is 2.31. The summed E-state index contributed by atoms with van der Waals surface area (Å²) < 4.78 is 2.73. The second kappa shape index (κ2) is 15.1. The molecule has 3 nitrogen and oxygen atoms in total. The molecule has 0 unspecified atom stereocenters. The lowest BCUT2D eigenvalue weighted by Crippen LogP contribution is -2.61. The number of hydrogen-bond donors (Lipinski definition) is 0. The van der Waals surface area contributed by atoms with E-state index in [0.29, 0.717) is 0 Å². The van der Waals surface area contributed by atoms with Crippen LogP contribution in [0.2, 0.25) is 0 Å². The number of anilines is 9. The Morgan fingerprint density at radius 2 is 1.16 bits per heavy atom. The van der Waals surface area contributed by atoms with Crippen molar-refractivity contribution in [3.63, 3.8) is 0 Å². The molecular weight excluding hydrogens is 866 g/mol. The average molecular weight is 926 g/mol. The maximum absolute atomic E-state index is 2.68. The summed E-state index contributed by atoms with van der Waals surface area (Å²) in [5.41, 5.74) is 22.8. The lowest BCUT2D eigenvalue weighted by molar-refractivity contribution is 0.332. The number of benzene rings is 8. The zero-order valence-electron chi connectivity index (χ0n) is 42.0. The van der Waals surface area contributed by atoms with Crippen LogP contribution in [0, 0.1) is 0 Å². The Morgan fingerprint density at radius 3 is 1.83 bits per heavy atom. The predicted molar refractivity (Wildman–Crippen MR) is 302 cm³/mol. The highest BCUT2D eigenvalue weighted by molar-refractivity contribution is 7.33. The van der Waals surface area contributed by atoms with E-state index in [0.717, 1.165) is 29.9 Å². The Balaban J connectivity index is 1.20. The zero-order valence-corrected chi connectivity index (χ0v) is 42.8. The van der Waals surface area contributed by atoms with Gasteiger partial charge in [0.1, 0.15) is 0 Å². The van der Waals surface area contributed by atoms with E-state index >= 15 is 0 Å². The summed E-state index contributed by atoms with van der Waals surface area (Å²) in [4.78, 5) is 7.76. The van der Waals surface area contributed by atoms with Gasteiger partial charge < -0.3 is 14.7 Å². The van der Waals surface area contributed by atoms with Gasteiger partial charge in [-0.05, 0) is 158 Å². The fraction of sp³-hybridized carbons (Fsp3) is 0.231. The van der Waals surface area contributed by atoms with Gasteiger partial charge in [0.15, 0.2) is 0 Å². The molecule has 0 radical (unpaired) electrons. The van der Waals surface area contributed by atoms with Crippen LogP contribution < -0.4 is 30.4 Å². The molecule has 1 aromatic heterocycles. The highest BCUT2D eigenvalue weighted by Gasteiger charge is 2.48. The molecule has 4 bridgehead atoms. The van der Waals surface area contributed by atoms with Crippen molar-refractivity contribution in [2.45, 2.75) is 96.8 Å². The van der Waals surface area contributed by atoms with E-state index in [1.54, 1.807) is 0 Å². The van der Waals surface area contributed by atoms with Crippen LogP contribution in [0.1, 0.15) is 103 Å². The number of nitrogens with zero attached hydrogens (tertiary/aromatic N) is 3. The number of thiophene rings is 1. The summed E-state index contributed by atoms with van der Waals surface area (Å²) in [7, 11) is 0. The van der Waals surface area contributed by atoms with E-state index in [-0.39, 0.29) is 28.4 Å². The topological polar surface area (TPSA) is 9.72 Å². The Hall–Kier alpha value is -6.82. The minimum atomic E-state index is -0.249. The van der Waals surface area contributed by atoms with Gasteiger partial charge in [0.05, 0.1) is 11.4 Å². The van der Waals surface area contributed by atoms with Crippen molar-refractivity contribution < 1.29 is 0 Å². The first kappa shape index (κ1) is 43.2. The van der Waals surface area contributed by atoms with Gasteiger partial charge in [-0.1, -0.05) is 159 Å². The lowest BCUT2D eigenvalue weighted by Gasteiger charge is -2.47. The summed E-state index contributed by atoms with van der Waals surface area (Å²) in [5.74, 6) is 0. The molecule has 0 saturated heterocycles. The fourth-order valence-electron chi connectivity index (χ4n) is 12.6. The third-order valence-corrected chi connectivity index (χ3v) is 17.9. The van der Waals surface area contributed by atoms with Gasteiger partial charge in [0.25, 0.3) is 6.71 Å². The van der Waals surface area contributed by atoms with Crippen LogP contribution in [0.4, 0.5) is 51.2 Å². The maximum atomic E-state index is 2.68. The monoisotopic (exact) mass is 925 g/mol. The largest absolute Gasteiger partial charge is 0.311 e. The zero-order chi connectivity index (χ0) is 48.1. The highest BCUT2D eigenvalue weighted by Crippen LogP contribution is 2.54. The highest BCUT2D eigenvalue weighted by atomic mass is 32.1. The van der Waals surface area contributed by atoms with Gasteiger partial charge in [-0.25, -0.2) is 0 Å². The van der Waals surface area contributed by atoms with Crippen molar-refractivity contribution in [1.82, 2.24) is 0 Å². The molecule has 1 aliphatic carbocycles. The van der Waals surface area contributed by atoms with E-state index in [4.69, 9.17) is 0 Å². The Morgan fingerprint density at radius 1 is 0.529 bits per heavy atom. The van der Waals surface area contributed by atoms with Gasteiger partial charge in [0, 0.05) is 60.1 Å². The quantitative estimate of drug-likeness (QED) is 0.163. The molecule has 344 valence electrons. The normalized spacial score (nSPS) is 16.5. The first-order valence-corrected chi connectivity index (χ1v) is 26.1. The van der Waals surface area contributed by atoms with Crippen LogP contribution in [-0.4, -0.2) is 6.71 Å². The summed E-state index contributed by atoms with van der Waals surface area (Å²) in [6, 6.07) is 67.6. The first-order chi connectivity index (χ1) is 33.6. The smallest absolute Gasteiger partial charge is 0.264 e. The molecule has 0 amide bonds. The molecule has 13 rings (SSSR count). The molecular formula is C65H60BN3S. The van der Waals surface area contributed by atoms with Gasteiger partial charge in [-0.15, -0.1) is 11.3 Å². The first-order valence-electron chi connectivity index (χ1n) is 25.3. The van der Waals surface area contributed by atoms with E-state index < -0.39 is 0 Å². The van der Waals surface area contributed by atoms with E-state index in [1.165, 1.54) is 98.9 Å². The number of para-hydroxylation sites is 2. The Labute approximate surface area is 419 Å². The third-order valence-electron chi connectivity index (χ3n) is 16.6. The minimum absolute atomic E-state index is 0.00203. The van der Waals surface area contributed by atoms with Crippen molar-refractivity contribution in [1.29, 1.82) is 0 Å². The molecule has 70 heavy (non-hydrogen) atoms. The van der Waals surface area contributed by atoms with Crippen LogP contribution in [0.3, 0.4) is 0 Å². The van der Waals surface area contributed by atoms with Crippen molar-refractivity contribution >= 4 is 95.0 Å². The molecule has 0 saturated carbocycles. The molecule has 9 aromatic rings. The average Bonchev–Trinajstić information content (AvgIpc) is 3.74. The molecule has 0 N–H and O–H groups in total. The van der Waals surface area contributed by atoms with Crippen LogP contribution in [0.15, 0.2) is 176 Å². The fourth-order valence-corrected chi connectivity index (χ4v) is 13.8. The summed E-state index contributed by atoms with van der Waals surface area (Å²) in [5, 5.41) is 1.32. The predicted octanol–water partition coefficient (Wildman–Crippen LogP) is 16.4. The summed E-state index contributed by atoms with van der Waals surface area (Å²) in [6.45, 7) is 21.7. The molecule has 0 fully saturated rings. The van der Waals surface area contributed by atoms with Gasteiger partial charge in [-0.3, -0.25) is 0 Å². The molecule has 0 spiro atoms. The van der Waals surface area contributed by atoms with Crippen LogP contribution in [-0.2, 0) is 21.7 Å². The molecule has 3 aliphatic heterocycles. The van der Waals surface area contributed by atoms with Crippen LogP contribution in [0.25, 0.3) is 21.2 Å². The van der Waals surface area contributed by atoms with Crippen molar-refractivity contribution in [2.75, 3.05) is 14.7 Å². The van der Waals surface area contributed by atoms with Gasteiger partial charge >= 0.3 is 0 Å². The van der Waals surface area contributed by atoms with Gasteiger partial charge in [0.2, 0.25) is 0 Å². The SMILES string of the molecule is CC(C)(C)c1ccc(N2c3cc4c(cc3B3c5sc6ccc7cc6c5N(c5cccc(c5)-c5ccccc5C7(C)C)c5cc(N(c6ccccc6)c6ccccc6)cc2c53)C(C)(C)CCC4(C)C)cc1. The van der Waals surface area contributed by atoms with Crippen molar-refractivity contribution in [3.8, 4) is 11.1 Å². The van der Waals surface area contributed by atoms with Crippen LogP contribution >= 0.6 is 11.3 Å². The Kier molecular flexibility index (Phi) is 9.32.